The van der Waals surface area contributed by atoms with Gasteiger partial charge < -0.3 is 8.83 Å². The van der Waals surface area contributed by atoms with Crippen LogP contribution in [0.4, 0.5) is 0 Å². The summed E-state index contributed by atoms with van der Waals surface area (Å²) in [4.78, 5) is 13.9. The number of rotatable bonds is 3. The normalized spacial score (nSPS) is 17.3. The second-order valence-electron chi connectivity index (χ2n) is 5.76. The Morgan fingerprint density at radius 3 is 2.79 bits per heavy atom. The van der Waals surface area contributed by atoms with Crippen LogP contribution >= 0.6 is 11.3 Å². The lowest BCUT2D eigenvalue weighted by Gasteiger charge is -2.19. The summed E-state index contributed by atoms with van der Waals surface area (Å²) in [5.74, 6) is 0.887. The van der Waals surface area contributed by atoms with Gasteiger partial charge in [0.1, 0.15) is 5.76 Å². The molecule has 3 aromatic heterocycles. The topological polar surface area (TPSA) is 59.0 Å². The molecule has 3 aromatic rings. The van der Waals surface area contributed by atoms with Crippen LogP contribution in [0.1, 0.15) is 44.8 Å². The lowest BCUT2D eigenvalue weighted by atomic mass is 10.0. The van der Waals surface area contributed by atoms with Gasteiger partial charge in [-0.05, 0) is 43.0 Å². The molecule has 1 aliphatic rings. The summed E-state index contributed by atoms with van der Waals surface area (Å²) < 4.78 is 10.8. The Balaban J connectivity index is 1.76. The second-order valence-corrected chi connectivity index (χ2v) is 6.74. The zero-order chi connectivity index (χ0) is 16.7. The summed E-state index contributed by atoms with van der Waals surface area (Å²) in [5, 5.41) is 8.18. The summed E-state index contributed by atoms with van der Waals surface area (Å²) in [6.45, 7) is 3.91. The molecule has 0 bridgehead atoms. The van der Waals surface area contributed by atoms with Crippen molar-refractivity contribution in [3.63, 3.8) is 0 Å². The Kier molecular flexibility index (Phi) is 3.61. The number of furan rings is 2. The molecule has 0 unspecified atom stereocenters. The summed E-state index contributed by atoms with van der Waals surface area (Å²) in [7, 11) is 0. The number of hydrogen-bond acceptors (Lipinski definition) is 5. The second kappa shape index (κ2) is 5.79. The van der Waals surface area contributed by atoms with Crippen molar-refractivity contribution in [3.8, 4) is 0 Å². The van der Waals surface area contributed by atoms with Gasteiger partial charge in [-0.25, -0.2) is 5.01 Å². The highest BCUT2D eigenvalue weighted by Gasteiger charge is 2.36. The number of carbonyl (C=O) groups excluding carboxylic acids is 1. The Bertz CT molecular complexity index is 872. The van der Waals surface area contributed by atoms with Crippen LogP contribution in [-0.2, 0) is 0 Å². The quantitative estimate of drug-likeness (QED) is 0.703. The lowest BCUT2D eigenvalue weighted by molar-refractivity contribution is 0.0681. The molecule has 0 spiro atoms. The van der Waals surface area contributed by atoms with Crippen molar-refractivity contribution < 1.29 is 13.6 Å². The van der Waals surface area contributed by atoms with Gasteiger partial charge >= 0.3 is 5.91 Å². The standard InChI is InChI=1S/C18H16N2O3S/c1-11-10-23-12(2)17(11)13-9-14(16-6-4-8-24-16)20(19-13)18(21)15-5-3-7-22-15/h3-8,10,14H,9H2,1-2H3/t14-/m0/s1. The predicted molar refractivity (Wildman–Crippen MR) is 91.3 cm³/mol. The van der Waals surface area contributed by atoms with E-state index in [1.807, 2.05) is 31.4 Å². The van der Waals surface area contributed by atoms with Gasteiger partial charge in [0, 0.05) is 16.9 Å². The highest BCUT2D eigenvalue weighted by Crippen LogP contribution is 2.37. The van der Waals surface area contributed by atoms with Gasteiger partial charge in [-0.2, -0.15) is 5.10 Å². The fraction of sp³-hybridized carbons (Fsp3) is 0.222. The molecule has 122 valence electrons. The molecule has 0 fully saturated rings. The van der Waals surface area contributed by atoms with Crippen LogP contribution in [0.5, 0.6) is 0 Å². The first kappa shape index (κ1) is 15.0. The maximum Gasteiger partial charge on any atom is 0.310 e. The zero-order valence-electron chi connectivity index (χ0n) is 13.4. The number of thiophene rings is 1. The van der Waals surface area contributed by atoms with Crippen molar-refractivity contribution in [1.82, 2.24) is 5.01 Å². The molecule has 1 aliphatic heterocycles. The number of hydrogen-bond donors (Lipinski definition) is 0. The van der Waals surface area contributed by atoms with Crippen molar-refractivity contribution in [1.29, 1.82) is 0 Å². The number of hydrazone groups is 1. The van der Waals surface area contributed by atoms with Crippen molar-refractivity contribution >= 4 is 23.0 Å². The van der Waals surface area contributed by atoms with Crippen LogP contribution in [0.2, 0.25) is 0 Å². The number of aryl methyl sites for hydroxylation is 2. The van der Waals surface area contributed by atoms with E-state index in [1.165, 1.54) is 11.3 Å². The third-order valence-electron chi connectivity index (χ3n) is 4.17. The van der Waals surface area contributed by atoms with Crippen molar-refractivity contribution in [2.75, 3.05) is 0 Å². The molecule has 1 atom stereocenters. The Morgan fingerprint density at radius 1 is 1.29 bits per heavy atom. The van der Waals surface area contributed by atoms with Crippen LogP contribution in [0.25, 0.3) is 0 Å². The molecule has 0 saturated heterocycles. The molecule has 0 N–H and O–H groups in total. The van der Waals surface area contributed by atoms with Crippen LogP contribution < -0.4 is 0 Å². The minimum absolute atomic E-state index is 0.119. The van der Waals surface area contributed by atoms with Gasteiger partial charge in [0.25, 0.3) is 0 Å². The van der Waals surface area contributed by atoms with Crippen LogP contribution in [0.3, 0.4) is 0 Å². The summed E-state index contributed by atoms with van der Waals surface area (Å²) in [5.41, 5.74) is 2.90. The maximum atomic E-state index is 12.8. The molecule has 24 heavy (non-hydrogen) atoms. The molecule has 5 nitrogen and oxygen atoms in total. The van der Waals surface area contributed by atoms with E-state index in [0.717, 1.165) is 27.5 Å². The number of amides is 1. The van der Waals surface area contributed by atoms with Gasteiger partial charge in [0.05, 0.1) is 24.3 Å². The van der Waals surface area contributed by atoms with Crippen molar-refractivity contribution in [2.45, 2.75) is 26.3 Å². The first-order chi connectivity index (χ1) is 11.6. The summed E-state index contributed by atoms with van der Waals surface area (Å²) in [6, 6.07) is 7.27. The smallest absolute Gasteiger partial charge is 0.310 e. The number of nitrogens with zero attached hydrogens (tertiary/aromatic N) is 2. The zero-order valence-corrected chi connectivity index (χ0v) is 14.2. The highest BCUT2D eigenvalue weighted by molar-refractivity contribution is 7.10. The first-order valence-corrected chi connectivity index (χ1v) is 8.56. The van der Waals surface area contributed by atoms with E-state index >= 15 is 0 Å². The van der Waals surface area contributed by atoms with Crippen molar-refractivity contribution in [2.24, 2.45) is 5.10 Å². The average Bonchev–Trinajstić information content (AvgIpc) is 3.34. The van der Waals surface area contributed by atoms with E-state index in [0.29, 0.717) is 12.2 Å². The summed E-state index contributed by atoms with van der Waals surface area (Å²) in [6.07, 6.45) is 3.89. The fourth-order valence-corrected chi connectivity index (χ4v) is 3.88. The molecular formula is C18H16N2O3S. The van der Waals surface area contributed by atoms with Gasteiger partial charge in [0.15, 0.2) is 5.76 Å². The molecule has 0 aliphatic carbocycles. The third-order valence-corrected chi connectivity index (χ3v) is 5.14. The largest absolute Gasteiger partial charge is 0.469 e. The molecule has 0 aromatic carbocycles. The minimum atomic E-state index is -0.229. The average molecular weight is 340 g/mol. The van der Waals surface area contributed by atoms with Gasteiger partial charge in [-0.1, -0.05) is 6.07 Å². The van der Waals surface area contributed by atoms with E-state index < -0.39 is 0 Å². The number of carbonyl (C=O) groups is 1. The molecule has 6 heteroatoms. The van der Waals surface area contributed by atoms with Crippen LogP contribution in [-0.4, -0.2) is 16.6 Å². The van der Waals surface area contributed by atoms with Gasteiger partial charge in [0.2, 0.25) is 0 Å². The molecule has 1 amide bonds. The van der Waals surface area contributed by atoms with E-state index in [2.05, 4.69) is 5.10 Å². The highest BCUT2D eigenvalue weighted by atomic mass is 32.1. The molecular weight excluding hydrogens is 324 g/mol. The van der Waals surface area contributed by atoms with Gasteiger partial charge in [-0.3, -0.25) is 4.79 Å². The molecule has 0 saturated carbocycles. The SMILES string of the molecule is Cc1coc(C)c1C1=NN(C(=O)c2ccco2)[C@H](c2cccs2)C1. The lowest BCUT2D eigenvalue weighted by Crippen LogP contribution is -2.26. The fourth-order valence-electron chi connectivity index (χ4n) is 3.07. The maximum absolute atomic E-state index is 12.8. The van der Waals surface area contributed by atoms with Crippen molar-refractivity contribution in [3.05, 3.63) is 69.7 Å². The first-order valence-electron chi connectivity index (χ1n) is 7.68. The predicted octanol–water partition coefficient (Wildman–Crippen LogP) is 4.54. The minimum Gasteiger partial charge on any atom is -0.469 e. The molecule has 4 heterocycles. The monoisotopic (exact) mass is 340 g/mol. The van der Waals surface area contributed by atoms with Crippen LogP contribution in [0.15, 0.2) is 56.1 Å². The van der Waals surface area contributed by atoms with Gasteiger partial charge in [-0.15, -0.1) is 11.3 Å². The van der Waals surface area contributed by atoms with Crippen LogP contribution in [0, 0.1) is 13.8 Å². The van der Waals surface area contributed by atoms with E-state index in [-0.39, 0.29) is 11.9 Å². The Labute approximate surface area is 143 Å². The van der Waals surface area contributed by atoms with E-state index in [1.54, 1.807) is 29.7 Å². The summed E-state index contributed by atoms with van der Waals surface area (Å²) >= 11 is 1.63. The van der Waals surface area contributed by atoms with E-state index in [4.69, 9.17) is 8.83 Å². The molecule has 0 radical (unpaired) electrons. The Morgan fingerprint density at radius 2 is 2.17 bits per heavy atom. The third kappa shape index (κ3) is 2.39. The Hall–Kier alpha value is -2.60. The van der Waals surface area contributed by atoms with E-state index in [9.17, 15) is 4.79 Å². The molecule has 4 rings (SSSR count).